The number of sulfonamides is 1. The van der Waals surface area contributed by atoms with Crippen LogP contribution in [0, 0.1) is 0 Å². The van der Waals surface area contributed by atoms with Crippen molar-refractivity contribution in [2.24, 2.45) is 5.73 Å². The van der Waals surface area contributed by atoms with Gasteiger partial charge in [0, 0.05) is 18.5 Å². The van der Waals surface area contributed by atoms with Crippen molar-refractivity contribution in [2.75, 3.05) is 10.0 Å². The average Bonchev–Trinajstić information content (AvgIpc) is 3.31. The van der Waals surface area contributed by atoms with Crippen LogP contribution in [0.1, 0.15) is 22.3 Å². The van der Waals surface area contributed by atoms with Gasteiger partial charge in [-0.15, -0.1) is 0 Å². The number of carbonyl (C=O) groups excluding carboxylic acids is 1. The summed E-state index contributed by atoms with van der Waals surface area (Å²) in [5.41, 5.74) is 14.0. The number of benzene rings is 4. The molecule has 1 aliphatic heterocycles. The van der Waals surface area contributed by atoms with Crippen LogP contribution < -0.4 is 15.8 Å². The summed E-state index contributed by atoms with van der Waals surface area (Å²) in [6.45, 7) is 0. The van der Waals surface area contributed by atoms with Crippen LogP contribution in [0.3, 0.4) is 0 Å². The third-order valence-electron chi connectivity index (χ3n) is 6.81. The molecule has 1 aliphatic rings. The minimum Gasteiger partial charge on any atom is -0.398 e. The third-order valence-corrected chi connectivity index (χ3v) is 8.73. The van der Waals surface area contributed by atoms with Crippen molar-refractivity contribution < 1.29 is 26.4 Å². The number of primary amides is 1. The number of halogens is 3. The molecule has 0 aromatic heterocycles. The second-order valence-electron chi connectivity index (χ2n) is 9.33. The summed E-state index contributed by atoms with van der Waals surface area (Å²) in [7, 11) is -4.33. The molecule has 1 heterocycles. The van der Waals surface area contributed by atoms with E-state index in [0.717, 1.165) is 16.4 Å². The van der Waals surface area contributed by atoms with Gasteiger partial charge in [-0.3, -0.25) is 9.10 Å². The first-order valence-electron chi connectivity index (χ1n) is 12.0. The molecule has 4 aromatic rings. The predicted molar refractivity (Wildman–Crippen MR) is 143 cm³/mol. The van der Waals surface area contributed by atoms with Gasteiger partial charge in [0.2, 0.25) is 5.91 Å². The van der Waals surface area contributed by atoms with Crippen molar-refractivity contribution in [3.05, 3.63) is 113 Å². The summed E-state index contributed by atoms with van der Waals surface area (Å²) in [4.78, 5) is 12.2. The fourth-order valence-corrected chi connectivity index (χ4v) is 6.77. The lowest BCUT2D eigenvalue weighted by molar-refractivity contribution is -0.137. The Bertz CT molecular complexity index is 1690. The van der Waals surface area contributed by atoms with Crippen LogP contribution in [-0.4, -0.2) is 20.4 Å². The van der Waals surface area contributed by atoms with E-state index in [1.807, 2.05) is 0 Å². The Labute approximate surface area is 223 Å². The number of fused-ring (bicyclic) bond motifs is 1. The molecule has 1 amide bonds. The van der Waals surface area contributed by atoms with E-state index in [1.165, 1.54) is 24.3 Å². The van der Waals surface area contributed by atoms with Crippen molar-refractivity contribution in [1.82, 2.24) is 0 Å². The maximum absolute atomic E-state index is 14.2. The van der Waals surface area contributed by atoms with Gasteiger partial charge in [-0.25, -0.2) is 8.42 Å². The Hall–Kier alpha value is -4.31. The van der Waals surface area contributed by atoms with E-state index in [2.05, 4.69) is 0 Å². The molecule has 1 atom stereocenters. The lowest BCUT2D eigenvalue weighted by Crippen LogP contribution is -2.46. The third kappa shape index (κ3) is 4.95. The van der Waals surface area contributed by atoms with E-state index in [1.54, 1.807) is 54.6 Å². The Balaban J connectivity index is 1.68. The van der Waals surface area contributed by atoms with Crippen LogP contribution in [0.25, 0.3) is 11.1 Å². The van der Waals surface area contributed by atoms with Crippen molar-refractivity contribution in [1.29, 1.82) is 0 Å². The lowest BCUT2D eigenvalue weighted by atomic mass is 9.97. The second-order valence-corrected chi connectivity index (χ2v) is 11.1. The summed E-state index contributed by atoms with van der Waals surface area (Å²) in [5.74, 6) is -0.788. The van der Waals surface area contributed by atoms with Crippen LogP contribution >= 0.6 is 0 Å². The lowest BCUT2D eigenvalue weighted by Gasteiger charge is -2.26. The molecular weight excluding hydrogens is 527 g/mol. The molecule has 5 rings (SSSR count). The zero-order valence-corrected chi connectivity index (χ0v) is 21.3. The molecular formula is C29H24F3N3O3S. The Morgan fingerprint density at radius 3 is 2.28 bits per heavy atom. The molecule has 39 heavy (non-hydrogen) atoms. The van der Waals surface area contributed by atoms with Gasteiger partial charge >= 0.3 is 6.18 Å². The smallest absolute Gasteiger partial charge is 0.398 e. The minimum atomic E-state index is -4.53. The summed E-state index contributed by atoms with van der Waals surface area (Å²) >= 11 is 0. The largest absolute Gasteiger partial charge is 0.416 e. The van der Waals surface area contributed by atoms with E-state index in [4.69, 9.17) is 11.5 Å². The number of hydrogen-bond acceptors (Lipinski definition) is 4. The van der Waals surface area contributed by atoms with Crippen LogP contribution in [0.4, 0.5) is 24.5 Å². The summed E-state index contributed by atoms with van der Waals surface area (Å²) in [6, 6.07) is 21.8. The van der Waals surface area contributed by atoms with Gasteiger partial charge in [0.15, 0.2) is 0 Å². The van der Waals surface area contributed by atoms with E-state index in [9.17, 15) is 26.4 Å². The van der Waals surface area contributed by atoms with Gasteiger partial charge in [0.1, 0.15) is 6.04 Å². The predicted octanol–water partition coefficient (Wildman–Crippen LogP) is 5.15. The van der Waals surface area contributed by atoms with Gasteiger partial charge in [0.25, 0.3) is 10.0 Å². The monoisotopic (exact) mass is 551 g/mol. The molecule has 0 radical (unpaired) electrons. The normalized spacial score (nSPS) is 15.3. The number of rotatable bonds is 6. The first-order valence-corrected chi connectivity index (χ1v) is 13.5. The van der Waals surface area contributed by atoms with Crippen LogP contribution in [0.5, 0.6) is 0 Å². The number of nitrogen functional groups attached to an aromatic ring is 1. The topological polar surface area (TPSA) is 106 Å². The van der Waals surface area contributed by atoms with Crippen molar-refractivity contribution >= 4 is 27.3 Å². The van der Waals surface area contributed by atoms with Crippen LogP contribution in [0.15, 0.2) is 95.9 Å². The molecule has 0 spiro atoms. The molecule has 4 N–H and O–H groups in total. The zero-order valence-electron chi connectivity index (χ0n) is 20.5. The van der Waals surface area contributed by atoms with E-state index in [0.29, 0.717) is 33.6 Å². The first kappa shape index (κ1) is 26.3. The summed E-state index contributed by atoms with van der Waals surface area (Å²) in [5, 5.41) is 0. The molecule has 0 aliphatic carbocycles. The number of carbonyl (C=O) groups is 1. The molecule has 6 nitrogen and oxygen atoms in total. The molecule has 0 saturated heterocycles. The van der Waals surface area contributed by atoms with Gasteiger partial charge in [-0.2, -0.15) is 13.2 Å². The Morgan fingerprint density at radius 1 is 0.872 bits per heavy atom. The van der Waals surface area contributed by atoms with E-state index in [-0.39, 0.29) is 23.3 Å². The molecule has 4 aromatic carbocycles. The standard InChI is InChI=1S/C29H24F3N3O3S/c30-29(31,32)23-9-5-8-18(16-23)19-12-13-27(22(14-19)15-20-6-1-3-10-24(20)33)39(37,38)35-25-11-4-2-7-21(25)17-26(35)28(34)36/h1-14,16,26H,15,17,33H2,(H2,34,36)/t26-/m0/s1. The highest BCUT2D eigenvalue weighted by atomic mass is 32.2. The highest BCUT2D eigenvalue weighted by Gasteiger charge is 2.42. The van der Waals surface area contributed by atoms with Gasteiger partial charge in [-0.1, -0.05) is 54.6 Å². The maximum atomic E-state index is 14.2. The van der Waals surface area contributed by atoms with E-state index >= 15 is 0 Å². The average molecular weight is 552 g/mol. The molecule has 0 saturated carbocycles. The Morgan fingerprint density at radius 2 is 1.56 bits per heavy atom. The van der Waals surface area contributed by atoms with E-state index < -0.39 is 33.7 Å². The second kappa shape index (κ2) is 9.77. The minimum absolute atomic E-state index is 0.0881. The number of nitrogens with two attached hydrogens (primary N) is 2. The number of amides is 1. The van der Waals surface area contributed by atoms with Gasteiger partial charge in [-0.05, 0) is 64.2 Å². The fourth-order valence-electron chi connectivity index (χ4n) is 4.90. The summed E-state index contributed by atoms with van der Waals surface area (Å²) < 4.78 is 69.5. The number of nitrogens with zero attached hydrogens (tertiary/aromatic N) is 1. The number of anilines is 2. The first-order chi connectivity index (χ1) is 18.5. The molecule has 10 heteroatoms. The molecule has 200 valence electrons. The summed E-state index contributed by atoms with van der Waals surface area (Å²) in [6.07, 6.45) is -4.31. The zero-order chi connectivity index (χ0) is 27.9. The fraction of sp³-hybridized carbons (Fsp3) is 0.138. The molecule has 0 bridgehead atoms. The van der Waals surface area contributed by atoms with Crippen molar-refractivity contribution in [3.8, 4) is 11.1 Å². The number of hydrogen-bond donors (Lipinski definition) is 2. The van der Waals surface area contributed by atoms with Gasteiger partial charge < -0.3 is 11.5 Å². The van der Waals surface area contributed by atoms with Crippen LogP contribution in [0.2, 0.25) is 0 Å². The SMILES string of the molecule is NC(=O)[C@@H]1Cc2ccccc2N1S(=O)(=O)c1ccc(-c2cccc(C(F)(F)F)c2)cc1Cc1ccccc1N. The maximum Gasteiger partial charge on any atom is 0.416 e. The highest BCUT2D eigenvalue weighted by molar-refractivity contribution is 7.93. The number of para-hydroxylation sites is 2. The van der Waals surface area contributed by atoms with Crippen molar-refractivity contribution in [3.63, 3.8) is 0 Å². The number of alkyl halides is 3. The Kier molecular flexibility index (Phi) is 6.59. The highest BCUT2D eigenvalue weighted by Crippen LogP contribution is 2.39. The van der Waals surface area contributed by atoms with Crippen LogP contribution in [-0.2, 0) is 33.8 Å². The molecule has 0 fully saturated rings. The van der Waals surface area contributed by atoms with Crippen molar-refractivity contribution in [2.45, 2.75) is 30.0 Å². The van der Waals surface area contributed by atoms with Gasteiger partial charge in [0.05, 0.1) is 16.1 Å². The quantitative estimate of drug-likeness (QED) is 0.323. The molecule has 0 unspecified atom stereocenters.